The highest BCUT2D eigenvalue weighted by atomic mass is 16.5. The van der Waals surface area contributed by atoms with E-state index < -0.39 is 24.5 Å². The molecule has 0 unspecified atom stereocenters. The second kappa shape index (κ2) is 10.7. The molecule has 3 rings (SSSR count). The van der Waals surface area contributed by atoms with Gasteiger partial charge in [0.25, 0.3) is 5.91 Å². The van der Waals surface area contributed by atoms with Crippen LogP contribution >= 0.6 is 0 Å². The highest BCUT2D eigenvalue weighted by molar-refractivity contribution is 6.09. The van der Waals surface area contributed by atoms with Crippen molar-refractivity contribution in [1.29, 1.82) is 0 Å². The molecule has 0 heterocycles. The Labute approximate surface area is 185 Å². The van der Waals surface area contributed by atoms with Gasteiger partial charge in [0.15, 0.2) is 12.4 Å². The van der Waals surface area contributed by atoms with Crippen LogP contribution < -0.4 is 5.32 Å². The number of rotatable bonds is 8. The number of anilines is 1. The number of benzene rings is 3. The number of amides is 1. The van der Waals surface area contributed by atoms with Crippen molar-refractivity contribution >= 4 is 29.3 Å². The van der Waals surface area contributed by atoms with Crippen LogP contribution in [0.5, 0.6) is 0 Å². The smallest absolute Gasteiger partial charge is 0.338 e. The first-order valence-electron chi connectivity index (χ1n) is 9.92. The summed E-state index contributed by atoms with van der Waals surface area (Å²) in [6.45, 7) is 1.50. The number of ketones is 1. The summed E-state index contributed by atoms with van der Waals surface area (Å²) in [5.41, 5.74) is 2.03. The summed E-state index contributed by atoms with van der Waals surface area (Å²) in [5.74, 6) is -1.82. The minimum atomic E-state index is -0.684. The van der Waals surface area contributed by atoms with Crippen LogP contribution in [-0.4, -0.2) is 36.8 Å². The molecule has 0 aliphatic rings. The quantitative estimate of drug-likeness (QED) is 0.429. The zero-order valence-electron chi connectivity index (χ0n) is 17.4. The van der Waals surface area contributed by atoms with Gasteiger partial charge in [0, 0.05) is 16.8 Å². The molecular formula is C25H21NO6. The van der Waals surface area contributed by atoms with Crippen LogP contribution in [0.4, 0.5) is 5.69 Å². The molecule has 1 amide bonds. The van der Waals surface area contributed by atoms with Gasteiger partial charge in [-0.3, -0.25) is 9.59 Å². The molecule has 0 spiro atoms. The van der Waals surface area contributed by atoms with Gasteiger partial charge in [-0.15, -0.1) is 0 Å². The topological polar surface area (TPSA) is 98.8 Å². The van der Waals surface area contributed by atoms with Crippen LogP contribution in [0.1, 0.15) is 43.6 Å². The van der Waals surface area contributed by atoms with E-state index in [1.807, 2.05) is 6.07 Å². The summed E-state index contributed by atoms with van der Waals surface area (Å²) in [6, 6.07) is 21.0. The summed E-state index contributed by atoms with van der Waals surface area (Å²) < 4.78 is 9.93. The number of hydrogen-bond donors (Lipinski definition) is 1. The van der Waals surface area contributed by atoms with E-state index in [9.17, 15) is 19.2 Å². The van der Waals surface area contributed by atoms with E-state index in [1.165, 1.54) is 36.4 Å². The van der Waals surface area contributed by atoms with E-state index in [0.717, 1.165) is 0 Å². The molecule has 7 nitrogen and oxygen atoms in total. The summed E-state index contributed by atoms with van der Waals surface area (Å²) in [6.07, 6.45) is 0. The van der Waals surface area contributed by atoms with Crippen LogP contribution in [0.2, 0.25) is 0 Å². The number of nitrogens with one attached hydrogen (secondary N) is 1. The summed E-state index contributed by atoms with van der Waals surface area (Å²) in [5, 5.41) is 2.58. The summed E-state index contributed by atoms with van der Waals surface area (Å²) in [7, 11) is 0. The van der Waals surface area contributed by atoms with Gasteiger partial charge in [-0.25, -0.2) is 9.59 Å². The predicted molar refractivity (Wildman–Crippen MR) is 118 cm³/mol. The predicted octanol–water partition coefficient (Wildman–Crippen LogP) is 3.89. The van der Waals surface area contributed by atoms with Crippen molar-refractivity contribution in [1.82, 2.24) is 0 Å². The first kappa shape index (κ1) is 22.4. The molecule has 7 heteroatoms. The molecule has 0 aliphatic carbocycles. The lowest BCUT2D eigenvalue weighted by Gasteiger charge is -2.08. The first-order valence-corrected chi connectivity index (χ1v) is 9.92. The molecule has 0 saturated carbocycles. The van der Waals surface area contributed by atoms with E-state index in [2.05, 4.69) is 5.32 Å². The van der Waals surface area contributed by atoms with Gasteiger partial charge in [0.2, 0.25) is 0 Å². The lowest BCUT2D eigenvalue weighted by molar-refractivity contribution is -0.119. The Hall–Kier alpha value is -4.26. The van der Waals surface area contributed by atoms with Crippen LogP contribution in [-0.2, 0) is 14.3 Å². The molecule has 0 aliphatic heterocycles. The Kier molecular flexibility index (Phi) is 7.48. The average Bonchev–Trinajstić information content (AvgIpc) is 2.83. The number of hydrogen-bond acceptors (Lipinski definition) is 6. The van der Waals surface area contributed by atoms with E-state index in [0.29, 0.717) is 22.4 Å². The number of carbonyl (C=O) groups is 4. The average molecular weight is 431 g/mol. The number of carbonyl (C=O) groups excluding carboxylic acids is 4. The standard InChI is InChI=1S/C25H21NO6/c1-2-31-24(29)20-12-14-21(15-13-20)26-22(27)16-32-25(30)19-10-8-18(9-11-19)23(28)17-6-4-3-5-7-17/h3-15H,2,16H2,1H3,(H,26,27). The molecule has 32 heavy (non-hydrogen) atoms. The molecule has 3 aromatic rings. The zero-order chi connectivity index (χ0) is 22.9. The molecule has 0 aromatic heterocycles. The lowest BCUT2D eigenvalue weighted by Crippen LogP contribution is -2.21. The van der Waals surface area contributed by atoms with Gasteiger partial charge in [0.1, 0.15) is 0 Å². The third-order valence-electron chi connectivity index (χ3n) is 4.43. The molecule has 0 bridgehead atoms. The third kappa shape index (κ3) is 5.89. The maximum Gasteiger partial charge on any atom is 0.338 e. The largest absolute Gasteiger partial charge is 0.462 e. The van der Waals surface area contributed by atoms with Crippen LogP contribution in [0.3, 0.4) is 0 Å². The molecule has 0 atom stereocenters. The van der Waals surface area contributed by atoms with Crippen LogP contribution in [0.15, 0.2) is 78.9 Å². The van der Waals surface area contributed by atoms with Gasteiger partial charge in [-0.1, -0.05) is 42.5 Å². The van der Waals surface area contributed by atoms with Crippen molar-refractivity contribution in [2.24, 2.45) is 0 Å². The van der Waals surface area contributed by atoms with Crippen molar-refractivity contribution in [3.63, 3.8) is 0 Å². The molecule has 0 radical (unpaired) electrons. The van der Waals surface area contributed by atoms with E-state index in [1.54, 1.807) is 43.3 Å². The van der Waals surface area contributed by atoms with Crippen molar-refractivity contribution < 1.29 is 28.7 Å². The fourth-order valence-electron chi connectivity index (χ4n) is 2.83. The third-order valence-corrected chi connectivity index (χ3v) is 4.43. The monoisotopic (exact) mass is 431 g/mol. The lowest BCUT2D eigenvalue weighted by atomic mass is 10.0. The van der Waals surface area contributed by atoms with Crippen molar-refractivity contribution in [3.8, 4) is 0 Å². The summed E-state index contributed by atoms with van der Waals surface area (Å²) >= 11 is 0. The van der Waals surface area contributed by atoms with Gasteiger partial charge >= 0.3 is 11.9 Å². The molecule has 0 saturated heterocycles. The Morgan fingerprint density at radius 1 is 0.656 bits per heavy atom. The summed E-state index contributed by atoms with van der Waals surface area (Å²) in [4.78, 5) is 48.3. The zero-order valence-corrected chi connectivity index (χ0v) is 17.4. The molecule has 162 valence electrons. The van der Waals surface area contributed by atoms with Crippen LogP contribution in [0, 0.1) is 0 Å². The minimum absolute atomic E-state index is 0.154. The molecule has 0 fully saturated rings. The molecule has 3 aromatic carbocycles. The minimum Gasteiger partial charge on any atom is -0.462 e. The highest BCUT2D eigenvalue weighted by Crippen LogP contribution is 2.13. The van der Waals surface area contributed by atoms with Crippen molar-refractivity contribution in [2.75, 3.05) is 18.5 Å². The van der Waals surface area contributed by atoms with Crippen molar-refractivity contribution in [3.05, 3.63) is 101 Å². The van der Waals surface area contributed by atoms with Crippen molar-refractivity contribution in [2.45, 2.75) is 6.92 Å². The van der Waals surface area contributed by atoms with Gasteiger partial charge in [-0.2, -0.15) is 0 Å². The number of ether oxygens (including phenoxy) is 2. The number of esters is 2. The fourth-order valence-corrected chi connectivity index (χ4v) is 2.83. The van der Waals surface area contributed by atoms with E-state index >= 15 is 0 Å². The van der Waals surface area contributed by atoms with E-state index in [4.69, 9.17) is 9.47 Å². The Morgan fingerprint density at radius 3 is 1.75 bits per heavy atom. The fraction of sp³-hybridized carbons (Fsp3) is 0.120. The molecule has 1 N–H and O–H groups in total. The first-order chi connectivity index (χ1) is 15.5. The van der Waals surface area contributed by atoms with Gasteiger partial charge in [-0.05, 0) is 43.3 Å². The Morgan fingerprint density at radius 2 is 1.16 bits per heavy atom. The second-order valence-corrected chi connectivity index (χ2v) is 6.69. The SMILES string of the molecule is CCOC(=O)c1ccc(NC(=O)COC(=O)c2ccc(C(=O)c3ccccc3)cc2)cc1. The Balaban J connectivity index is 1.51. The highest BCUT2D eigenvalue weighted by Gasteiger charge is 2.13. The van der Waals surface area contributed by atoms with E-state index in [-0.39, 0.29) is 18.0 Å². The maximum atomic E-state index is 12.4. The van der Waals surface area contributed by atoms with Crippen LogP contribution in [0.25, 0.3) is 0 Å². The normalized spacial score (nSPS) is 10.2. The second-order valence-electron chi connectivity index (χ2n) is 6.69. The molecular weight excluding hydrogens is 410 g/mol. The van der Waals surface area contributed by atoms with Gasteiger partial charge < -0.3 is 14.8 Å². The maximum absolute atomic E-state index is 12.4. The van der Waals surface area contributed by atoms with Gasteiger partial charge in [0.05, 0.1) is 17.7 Å². The Bertz CT molecular complexity index is 1110.